The average molecular weight is 323 g/mol. The van der Waals surface area contributed by atoms with Crippen LogP contribution in [0.15, 0.2) is 29.2 Å². The number of ketones is 1. The highest BCUT2D eigenvalue weighted by atomic mass is 32.2. The van der Waals surface area contributed by atoms with E-state index in [0.717, 1.165) is 37.7 Å². The Balaban J connectivity index is 2.39. The average Bonchev–Trinajstić information content (AvgIpc) is 2.54. The van der Waals surface area contributed by atoms with Gasteiger partial charge in [0.15, 0.2) is 15.6 Å². The third-order valence-electron chi connectivity index (χ3n) is 4.81. The maximum Gasteiger partial charge on any atom is 0.192 e. The molecule has 1 unspecified atom stereocenters. The van der Waals surface area contributed by atoms with Crippen LogP contribution in [0.25, 0.3) is 0 Å². The van der Waals surface area contributed by atoms with E-state index in [1.54, 1.807) is 24.3 Å². The number of sulfone groups is 1. The molecule has 1 aromatic carbocycles. The standard InChI is InChI=1S/C17H25NO3S/c1-13-8-10-15(11-9-13)22(20,21)17(2,12-18)16(19)14-6-4-3-5-7-14/h8-11,14H,3-7,12,18H2,1-2H3. The second-order valence-electron chi connectivity index (χ2n) is 6.45. The fourth-order valence-corrected chi connectivity index (χ4v) is 4.78. The van der Waals surface area contributed by atoms with E-state index in [2.05, 4.69) is 0 Å². The Morgan fingerprint density at radius 1 is 1.18 bits per heavy atom. The van der Waals surface area contributed by atoms with E-state index in [4.69, 9.17) is 5.73 Å². The molecule has 2 rings (SSSR count). The summed E-state index contributed by atoms with van der Waals surface area (Å²) in [7, 11) is -3.79. The van der Waals surface area contributed by atoms with Gasteiger partial charge in [-0.1, -0.05) is 37.0 Å². The Labute approximate surface area is 133 Å². The van der Waals surface area contributed by atoms with E-state index in [-0.39, 0.29) is 23.1 Å². The van der Waals surface area contributed by atoms with E-state index in [9.17, 15) is 13.2 Å². The maximum absolute atomic E-state index is 13.0. The number of carbonyl (C=O) groups excluding carboxylic acids is 1. The third-order valence-corrected chi connectivity index (χ3v) is 7.26. The molecule has 0 amide bonds. The van der Waals surface area contributed by atoms with Crippen molar-refractivity contribution >= 4 is 15.6 Å². The predicted octanol–water partition coefficient (Wildman–Crippen LogP) is 2.64. The first-order chi connectivity index (χ1) is 10.3. The van der Waals surface area contributed by atoms with Gasteiger partial charge in [-0.3, -0.25) is 4.79 Å². The molecule has 2 N–H and O–H groups in total. The minimum atomic E-state index is -3.79. The molecule has 0 aromatic heterocycles. The summed E-state index contributed by atoms with van der Waals surface area (Å²) in [5, 5.41) is 0. The number of rotatable bonds is 5. The van der Waals surface area contributed by atoms with E-state index >= 15 is 0 Å². The van der Waals surface area contributed by atoms with E-state index in [1.165, 1.54) is 6.92 Å². The summed E-state index contributed by atoms with van der Waals surface area (Å²) in [5.41, 5.74) is 6.75. The molecule has 0 spiro atoms. The molecule has 0 aliphatic heterocycles. The molecule has 1 aliphatic rings. The first-order valence-electron chi connectivity index (χ1n) is 7.88. The normalized spacial score (nSPS) is 19.6. The molecule has 0 saturated heterocycles. The predicted molar refractivity (Wildman–Crippen MR) is 87.4 cm³/mol. The van der Waals surface area contributed by atoms with Gasteiger partial charge < -0.3 is 5.73 Å². The van der Waals surface area contributed by atoms with Crippen molar-refractivity contribution in [2.45, 2.75) is 55.6 Å². The number of benzene rings is 1. The van der Waals surface area contributed by atoms with E-state index in [1.807, 2.05) is 6.92 Å². The molecule has 1 saturated carbocycles. The van der Waals surface area contributed by atoms with Crippen molar-refractivity contribution in [2.24, 2.45) is 11.7 Å². The second-order valence-corrected chi connectivity index (χ2v) is 8.83. The van der Waals surface area contributed by atoms with Gasteiger partial charge in [-0.15, -0.1) is 0 Å². The molecule has 1 fully saturated rings. The molecule has 122 valence electrons. The second kappa shape index (κ2) is 6.50. The summed E-state index contributed by atoms with van der Waals surface area (Å²) in [5.74, 6) is -0.391. The van der Waals surface area contributed by atoms with Gasteiger partial charge in [0.25, 0.3) is 0 Å². The number of hydrogen-bond donors (Lipinski definition) is 1. The number of nitrogens with two attached hydrogens (primary N) is 1. The summed E-state index contributed by atoms with van der Waals surface area (Å²) < 4.78 is 24.4. The van der Waals surface area contributed by atoms with Crippen molar-refractivity contribution in [3.8, 4) is 0 Å². The van der Waals surface area contributed by atoms with Crippen LogP contribution < -0.4 is 5.73 Å². The van der Waals surface area contributed by atoms with Gasteiger partial charge in [0, 0.05) is 12.5 Å². The topological polar surface area (TPSA) is 77.2 Å². The van der Waals surface area contributed by atoms with Crippen LogP contribution in [0.2, 0.25) is 0 Å². The van der Waals surface area contributed by atoms with Crippen LogP contribution in [0.4, 0.5) is 0 Å². The van der Waals surface area contributed by atoms with Crippen molar-refractivity contribution in [3.05, 3.63) is 29.8 Å². The Morgan fingerprint density at radius 3 is 2.23 bits per heavy atom. The number of aryl methyl sites for hydroxylation is 1. The quantitative estimate of drug-likeness (QED) is 0.903. The Kier molecular flexibility index (Phi) is 5.07. The zero-order valence-corrected chi connectivity index (χ0v) is 14.2. The van der Waals surface area contributed by atoms with Crippen LogP contribution in [0.3, 0.4) is 0 Å². The van der Waals surface area contributed by atoms with Crippen molar-refractivity contribution in [1.29, 1.82) is 0 Å². The molecule has 22 heavy (non-hydrogen) atoms. The fourth-order valence-electron chi connectivity index (χ4n) is 3.12. The lowest BCUT2D eigenvalue weighted by atomic mass is 9.82. The zero-order valence-electron chi connectivity index (χ0n) is 13.3. The zero-order chi connectivity index (χ0) is 16.4. The van der Waals surface area contributed by atoms with E-state index < -0.39 is 14.6 Å². The molecular weight excluding hydrogens is 298 g/mol. The van der Waals surface area contributed by atoms with Gasteiger partial charge in [0.2, 0.25) is 0 Å². The lowest BCUT2D eigenvalue weighted by molar-refractivity contribution is -0.125. The SMILES string of the molecule is Cc1ccc(S(=O)(=O)C(C)(CN)C(=O)C2CCCCC2)cc1. The lowest BCUT2D eigenvalue weighted by Crippen LogP contribution is -2.52. The summed E-state index contributed by atoms with van der Waals surface area (Å²) in [6.45, 7) is 3.20. The number of carbonyl (C=O) groups is 1. The molecule has 4 nitrogen and oxygen atoms in total. The van der Waals surface area contributed by atoms with Crippen LogP contribution in [0.5, 0.6) is 0 Å². The van der Waals surface area contributed by atoms with Gasteiger partial charge in [-0.05, 0) is 38.8 Å². The minimum Gasteiger partial charge on any atom is -0.328 e. The number of Topliss-reactive ketones (excluding diaryl/α,β-unsaturated/α-hetero) is 1. The highest BCUT2D eigenvalue weighted by molar-refractivity contribution is 7.93. The molecule has 1 aromatic rings. The number of hydrogen-bond acceptors (Lipinski definition) is 4. The molecule has 5 heteroatoms. The van der Waals surface area contributed by atoms with Crippen LogP contribution >= 0.6 is 0 Å². The maximum atomic E-state index is 13.0. The van der Waals surface area contributed by atoms with Crippen LogP contribution in [0.1, 0.15) is 44.6 Å². The van der Waals surface area contributed by atoms with Crippen molar-refractivity contribution in [1.82, 2.24) is 0 Å². The van der Waals surface area contributed by atoms with Gasteiger partial charge in [0.1, 0.15) is 4.75 Å². The van der Waals surface area contributed by atoms with Crippen LogP contribution in [0, 0.1) is 12.8 Å². The highest BCUT2D eigenvalue weighted by Gasteiger charge is 2.48. The monoisotopic (exact) mass is 323 g/mol. The van der Waals surface area contributed by atoms with Gasteiger partial charge in [-0.2, -0.15) is 0 Å². The van der Waals surface area contributed by atoms with Crippen molar-refractivity contribution in [3.63, 3.8) is 0 Å². The molecule has 0 bridgehead atoms. The summed E-state index contributed by atoms with van der Waals surface area (Å²) in [6.07, 6.45) is 4.65. The van der Waals surface area contributed by atoms with Gasteiger partial charge in [-0.25, -0.2) is 8.42 Å². The molecule has 1 atom stereocenters. The van der Waals surface area contributed by atoms with Crippen LogP contribution in [-0.2, 0) is 14.6 Å². The molecule has 0 heterocycles. The lowest BCUT2D eigenvalue weighted by Gasteiger charge is -2.32. The Bertz CT molecular complexity index is 630. The fraction of sp³-hybridized carbons (Fsp3) is 0.588. The Hall–Kier alpha value is -1.20. The third kappa shape index (κ3) is 2.97. The molecule has 1 aliphatic carbocycles. The van der Waals surface area contributed by atoms with Crippen molar-refractivity contribution < 1.29 is 13.2 Å². The van der Waals surface area contributed by atoms with Gasteiger partial charge in [0.05, 0.1) is 4.90 Å². The largest absolute Gasteiger partial charge is 0.328 e. The highest BCUT2D eigenvalue weighted by Crippen LogP contribution is 2.34. The summed E-state index contributed by atoms with van der Waals surface area (Å²) in [6, 6.07) is 6.61. The minimum absolute atomic E-state index is 0.176. The molecule has 0 radical (unpaired) electrons. The smallest absolute Gasteiger partial charge is 0.192 e. The summed E-state index contributed by atoms with van der Waals surface area (Å²) >= 11 is 0. The van der Waals surface area contributed by atoms with E-state index in [0.29, 0.717) is 0 Å². The first-order valence-corrected chi connectivity index (χ1v) is 9.37. The summed E-state index contributed by atoms with van der Waals surface area (Å²) in [4.78, 5) is 13.1. The Morgan fingerprint density at radius 2 is 1.73 bits per heavy atom. The first kappa shape index (κ1) is 17.2. The van der Waals surface area contributed by atoms with Crippen molar-refractivity contribution in [2.75, 3.05) is 6.54 Å². The van der Waals surface area contributed by atoms with Gasteiger partial charge >= 0.3 is 0 Å². The van der Waals surface area contributed by atoms with Crippen LogP contribution in [-0.4, -0.2) is 25.5 Å². The molecular formula is C17H25NO3S.